The molecule has 0 saturated carbocycles. The predicted octanol–water partition coefficient (Wildman–Crippen LogP) is 0.949. The molecular formula is C8H10N2O. The van der Waals surface area contributed by atoms with E-state index in [1.807, 2.05) is 19.1 Å². The summed E-state index contributed by atoms with van der Waals surface area (Å²) in [5, 5.41) is 10.6. The lowest BCUT2D eigenvalue weighted by Crippen LogP contribution is -2.01. The molecule has 1 aromatic heterocycles. The number of rotatable bonds is 1. The Kier molecular flexibility index (Phi) is 2.21. The predicted molar refractivity (Wildman–Crippen MR) is 43.7 cm³/mol. The van der Waals surface area contributed by atoms with Gasteiger partial charge in [-0.2, -0.15) is 0 Å². The first kappa shape index (κ1) is 7.72. The van der Waals surface area contributed by atoms with Gasteiger partial charge in [-0.05, 0) is 18.6 Å². The molecule has 0 aromatic carbocycles. The van der Waals surface area contributed by atoms with Crippen LogP contribution in [0.2, 0.25) is 0 Å². The fraction of sp³-hybridized carbons (Fsp3) is 0.250. The fourth-order valence-electron chi connectivity index (χ4n) is 0.805. The molecule has 0 atom stereocenters. The molecule has 0 N–H and O–H groups in total. The molecule has 1 rings (SSSR count). The van der Waals surface area contributed by atoms with Crippen molar-refractivity contribution < 1.29 is 4.74 Å². The van der Waals surface area contributed by atoms with Crippen molar-refractivity contribution in [2.75, 3.05) is 7.05 Å². The summed E-state index contributed by atoms with van der Waals surface area (Å²) in [6, 6.07) is 3.76. The number of hydroxylamine groups is 1. The maximum atomic E-state index is 10.6. The highest BCUT2D eigenvalue weighted by atomic mass is 16.5. The number of hydrogen-bond acceptors (Lipinski definition) is 2. The van der Waals surface area contributed by atoms with Crippen LogP contribution in [0, 0.1) is 12.1 Å². The van der Waals surface area contributed by atoms with Gasteiger partial charge in [0.2, 0.25) is 0 Å². The normalized spacial score (nSPS) is 11.6. The lowest BCUT2D eigenvalue weighted by molar-refractivity contribution is -0.416. The third kappa shape index (κ3) is 2.04. The first-order valence-electron chi connectivity index (χ1n) is 3.36. The van der Waals surface area contributed by atoms with Gasteiger partial charge in [0.25, 0.3) is 0 Å². The standard InChI is InChI=1S/C8H10N2O/c1-7-4-3-5-9-8(7)6-10(2)11/h3-6H,1-2H3. The van der Waals surface area contributed by atoms with Gasteiger partial charge in [-0.3, -0.25) is 4.98 Å². The van der Waals surface area contributed by atoms with Crippen LogP contribution < -0.4 is 0 Å². The number of aryl methyl sites for hydroxylation is 1. The van der Waals surface area contributed by atoms with Crippen LogP contribution in [0.15, 0.2) is 18.3 Å². The van der Waals surface area contributed by atoms with Crippen molar-refractivity contribution in [3.8, 4) is 0 Å². The van der Waals surface area contributed by atoms with Gasteiger partial charge in [0.1, 0.15) is 12.7 Å². The molecule has 3 heteroatoms. The molecule has 0 aliphatic carbocycles. The van der Waals surface area contributed by atoms with E-state index in [0.717, 1.165) is 16.0 Å². The van der Waals surface area contributed by atoms with Gasteiger partial charge in [0.15, 0.2) is 6.21 Å². The van der Waals surface area contributed by atoms with E-state index in [1.165, 1.54) is 13.3 Å². The van der Waals surface area contributed by atoms with Gasteiger partial charge >= 0.3 is 0 Å². The van der Waals surface area contributed by atoms with Crippen molar-refractivity contribution in [1.29, 1.82) is 0 Å². The summed E-state index contributed by atoms with van der Waals surface area (Å²) >= 11 is 0. The molecule has 0 saturated heterocycles. The van der Waals surface area contributed by atoms with Crippen LogP contribution in [0.5, 0.6) is 0 Å². The van der Waals surface area contributed by atoms with Gasteiger partial charge in [0, 0.05) is 6.20 Å². The highest BCUT2D eigenvalue weighted by molar-refractivity contribution is 5.74. The van der Waals surface area contributed by atoms with Crippen molar-refractivity contribution in [2.24, 2.45) is 0 Å². The zero-order valence-corrected chi connectivity index (χ0v) is 6.61. The summed E-state index contributed by atoms with van der Waals surface area (Å²) in [6.07, 6.45) is 3.12. The van der Waals surface area contributed by atoms with Crippen molar-refractivity contribution in [3.63, 3.8) is 0 Å². The number of hydrogen-bond donors (Lipinski definition) is 0. The summed E-state index contributed by atoms with van der Waals surface area (Å²) in [5.41, 5.74) is 1.74. The van der Waals surface area contributed by atoms with Crippen molar-refractivity contribution in [1.82, 2.24) is 4.98 Å². The average molecular weight is 150 g/mol. The van der Waals surface area contributed by atoms with E-state index in [-0.39, 0.29) is 0 Å². The van der Waals surface area contributed by atoms with Gasteiger partial charge in [-0.1, -0.05) is 6.07 Å². The molecule has 1 heterocycles. The van der Waals surface area contributed by atoms with Crippen LogP contribution in [0.25, 0.3) is 0 Å². The molecule has 0 unspecified atom stereocenters. The minimum atomic E-state index is 0.727. The van der Waals surface area contributed by atoms with Crippen LogP contribution in [0.1, 0.15) is 11.3 Å². The van der Waals surface area contributed by atoms with Crippen molar-refractivity contribution in [3.05, 3.63) is 34.8 Å². The van der Waals surface area contributed by atoms with E-state index in [2.05, 4.69) is 4.98 Å². The van der Waals surface area contributed by atoms with E-state index in [1.54, 1.807) is 6.20 Å². The van der Waals surface area contributed by atoms with Gasteiger partial charge in [0.05, 0.1) is 0 Å². The van der Waals surface area contributed by atoms with Crippen LogP contribution in [-0.4, -0.2) is 23.0 Å². The second-order valence-corrected chi connectivity index (χ2v) is 2.38. The second kappa shape index (κ2) is 3.14. The molecular weight excluding hydrogens is 140 g/mol. The lowest BCUT2D eigenvalue weighted by Gasteiger charge is -1.97. The highest BCUT2D eigenvalue weighted by Gasteiger charge is 1.96. The SMILES string of the molecule is Cc1cccnc1C=[N+](C)[O-]. The number of aromatic nitrogens is 1. The molecule has 0 radical (unpaired) electrons. The Labute approximate surface area is 65.6 Å². The molecule has 11 heavy (non-hydrogen) atoms. The molecule has 3 nitrogen and oxygen atoms in total. The number of pyridine rings is 1. The molecule has 0 spiro atoms. The third-order valence-electron chi connectivity index (χ3n) is 1.35. The zero-order valence-electron chi connectivity index (χ0n) is 6.61. The molecule has 0 aliphatic heterocycles. The minimum absolute atomic E-state index is 0.727. The lowest BCUT2D eigenvalue weighted by atomic mass is 10.2. The van der Waals surface area contributed by atoms with E-state index >= 15 is 0 Å². The maximum absolute atomic E-state index is 10.6. The van der Waals surface area contributed by atoms with Crippen LogP contribution >= 0.6 is 0 Å². The minimum Gasteiger partial charge on any atom is -0.624 e. The Balaban J connectivity index is 3.04. The van der Waals surface area contributed by atoms with Gasteiger partial charge in [-0.15, -0.1) is 0 Å². The summed E-state index contributed by atoms with van der Waals surface area (Å²) < 4.78 is 0.745. The average Bonchev–Trinajstić information content (AvgIpc) is 1.93. The maximum Gasteiger partial charge on any atom is 0.200 e. The summed E-state index contributed by atoms with van der Waals surface area (Å²) in [7, 11) is 1.44. The van der Waals surface area contributed by atoms with Crippen LogP contribution in [0.4, 0.5) is 0 Å². The molecule has 0 bridgehead atoms. The quantitative estimate of drug-likeness (QED) is 0.259. The molecule has 0 amide bonds. The Morgan fingerprint density at radius 3 is 2.91 bits per heavy atom. The van der Waals surface area contributed by atoms with Gasteiger partial charge in [-0.25, -0.2) is 4.74 Å². The second-order valence-electron chi connectivity index (χ2n) is 2.38. The number of nitrogens with zero attached hydrogens (tertiary/aromatic N) is 2. The van der Waals surface area contributed by atoms with Gasteiger partial charge < -0.3 is 5.21 Å². The summed E-state index contributed by atoms with van der Waals surface area (Å²) in [5.74, 6) is 0. The van der Waals surface area contributed by atoms with E-state index in [4.69, 9.17) is 0 Å². The van der Waals surface area contributed by atoms with Crippen molar-refractivity contribution in [2.45, 2.75) is 6.92 Å². The summed E-state index contributed by atoms with van der Waals surface area (Å²) in [4.78, 5) is 4.02. The Bertz CT molecular complexity index is 277. The zero-order chi connectivity index (χ0) is 8.27. The van der Waals surface area contributed by atoms with E-state index < -0.39 is 0 Å². The van der Waals surface area contributed by atoms with Crippen molar-refractivity contribution >= 4 is 6.21 Å². The smallest absolute Gasteiger partial charge is 0.200 e. The molecule has 0 fully saturated rings. The van der Waals surface area contributed by atoms with Crippen LogP contribution in [-0.2, 0) is 0 Å². The Morgan fingerprint density at radius 2 is 2.36 bits per heavy atom. The first-order chi connectivity index (χ1) is 5.20. The third-order valence-corrected chi connectivity index (χ3v) is 1.35. The first-order valence-corrected chi connectivity index (χ1v) is 3.36. The topological polar surface area (TPSA) is 39.0 Å². The van der Waals surface area contributed by atoms with Crippen LogP contribution in [0.3, 0.4) is 0 Å². The fourth-order valence-corrected chi connectivity index (χ4v) is 0.805. The van der Waals surface area contributed by atoms with E-state index in [0.29, 0.717) is 0 Å². The van der Waals surface area contributed by atoms with E-state index in [9.17, 15) is 5.21 Å². The summed E-state index contributed by atoms with van der Waals surface area (Å²) in [6.45, 7) is 1.92. The largest absolute Gasteiger partial charge is 0.624 e. The molecule has 1 aromatic rings. The molecule has 58 valence electrons. The monoisotopic (exact) mass is 150 g/mol. The highest BCUT2D eigenvalue weighted by Crippen LogP contribution is 1.98. The Morgan fingerprint density at radius 1 is 1.64 bits per heavy atom. The molecule has 0 aliphatic rings. The Hall–Kier alpha value is -1.38.